The summed E-state index contributed by atoms with van der Waals surface area (Å²) in [5, 5.41) is 10.6. The molecule has 0 unspecified atom stereocenters. The molecule has 0 fully saturated rings. The van der Waals surface area contributed by atoms with Gasteiger partial charge in [-0.25, -0.2) is 0 Å². The number of nitrogens with zero attached hydrogens (tertiary/aromatic N) is 2. The van der Waals surface area contributed by atoms with Gasteiger partial charge in [0.15, 0.2) is 0 Å². The SMILES string of the molecule is COc1ccc(-c2nc(OCCCCCCCC(=O)[O-])n(-c3ccccc3)c2-c2ccc(OC)cc2)cc1.[Na+]. The molecule has 0 atom stereocenters. The van der Waals surface area contributed by atoms with Crippen LogP contribution in [0, 0.1) is 0 Å². The molecule has 0 saturated carbocycles. The zero-order valence-corrected chi connectivity index (χ0v) is 24.9. The van der Waals surface area contributed by atoms with Crippen LogP contribution >= 0.6 is 0 Å². The molecule has 0 amide bonds. The maximum absolute atomic E-state index is 10.6. The minimum absolute atomic E-state index is 0. The molecule has 3 aromatic carbocycles. The van der Waals surface area contributed by atoms with Gasteiger partial charge in [-0.3, -0.25) is 4.57 Å². The van der Waals surface area contributed by atoms with Crippen molar-refractivity contribution in [2.45, 2.75) is 38.5 Å². The molecule has 39 heavy (non-hydrogen) atoms. The maximum Gasteiger partial charge on any atom is 1.00 e. The molecule has 1 heterocycles. The van der Waals surface area contributed by atoms with Crippen LogP contribution in [0.15, 0.2) is 78.9 Å². The Morgan fingerprint density at radius 2 is 1.33 bits per heavy atom. The van der Waals surface area contributed by atoms with E-state index in [1.165, 1.54) is 0 Å². The standard InChI is InChI=1S/C31H34N2O5.Na/c1-36-26-18-14-23(15-19-26)29-30(24-16-20-27(37-2)21-17-24)33(25-11-7-6-8-12-25)31(32-29)38-22-10-5-3-4-9-13-28(34)35;/h6-8,11-12,14-21H,3-5,9-10,13,22H2,1-2H3,(H,34,35);/q;+1/p-1. The molecule has 0 aliphatic rings. The van der Waals surface area contributed by atoms with Crippen LogP contribution in [0.5, 0.6) is 17.5 Å². The zero-order valence-electron chi connectivity index (χ0n) is 22.9. The van der Waals surface area contributed by atoms with Crippen LogP contribution in [-0.4, -0.2) is 36.3 Å². The summed E-state index contributed by atoms with van der Waals surface area (Å²) in [4.78, 5) is 15.6. The minimum atomic E-state index is -0.985. The van der Waals surface area contributed by atoms with Crippen molar-refractivity contribution in [2.24, 2.45) is 0 Å². The molecular formula is C31H33N2NaO5. The second kappa shape index (κ2) is 15.4. The molecule has 0 bridgehead atoms. The Morgan fingerprint density at radius 3 is 1.92 bits per heavy atom. The van der Waals surface area contributed by atoms with Gasteiger partial charge in [-0.05, 0) is 79.9 Å². The van der Waals surface area contributed by atoms with Gasteiger partial charge in [0.1, 0.15) is 17.2 Å². The van der Waals surface area contributed by atoms with Crippen LogP contribution in [0.4, 0.5) is 0 Å². The first-order valence-electron chi connectivity index (χ1n) is 12.9. The van der Waals surface area contributed by atoms with Crippen molar-refractivity contribution in [3.63, 3.8) is 0 Å². The summed E-state index contributed by atoms with van der Waals surface area (Å²) in [7, 11) is 3.30. The number of carbonyl (C=O) groups excluding carboxylic acids is 1. The molecule has 0 N–H and O–H groups in total. The summed E-state index contributed by atoms with van der Waals surface area (Å²) in [5.41, 5.74) is 4.60. The quantitative estimate of drug-likeness (QED) is 0.182. The normalized spacial score (nSPS) is 10.5. The van der Waals surface area contributed by atoms with Crippen LogP contribution < -0.4 is 48.9 Å². The number of aliphatic carboxylic acids is 1. The van der Waals surface area contributed by atoms with Gasteiger partial charge in [0.2, 0.25) is 0 Å². The number of hydrogen-bond donors (Lipinski definition) is 0. The van der Waals surface area contributed by atoms with E-state index in [2.05, 4.69) is 4.57 Å². The summed E-state index contributed by atoms with van der Waals surface area (Å²) in [6.07, 6.45) is 4.40. The number of aromatic nitrogens is 2. The predicted molar refractivity (Wildman–Crippen MR) is 146 cm³/mol. The fourth-order valence-corrected chi connectivity index (χ4v) is 4.34. The molecule has 0 radical (unpaired) electrons. The maximum atomic E-state index is 10.6. The van der Waals surface area contributed by atoms with Crippen LogP contribution in [-0.2, 0) is 4.79 Å². The van der Waals surface area contributed by atoms with E-state index in [1.54, 1.807) is 14.2 Å². The first-order chi connectivity index (χ1) is 18.6. The Morgan fingerprint density at radius 1 is 0.769 bits per heavy atom. The summed E-state index contributed by atoms with van der Waals surface area (Å²) < 4.78 is 19.1. The van der Waals surface area contributed by atoms with Crippen molar-refractivity contribution in [1.82, 2.24) is 9.55 Å². The van der Waals surface area contributed by atoms with Crippen molar-refractivity contribution < 1.29 is 53.7 Å². The molecule has 1 aromatic heterocycles. The largest absolute Gasteiger partial charge is 1.00 e. The van der Waals surface area contributed by atoms with Crippen molar-refractivity contribution in [3.05, 3.63) is 78.9 Å². The fraction of sp³-hybridized carbons (Fsp3) is 0.290. The average molecular weight is 537 g/mol. The van der Waals surface area contributed by atoms with E-state index in [4.69, 9.17) is 19.2 Å². The molecule has 8 heteroatoms. The second-order valence-electron chi connectivity index (χ2n) is 8.96. The predicted octanol–water partition coefficient (Wildman–Crippen LogP) is 2.70. The van der Waals surface area contributed by atoms with E-state index >= 15 is 0 Å². The number of methoxy groups -OCH3 is 2. The first kappa shape index (κ1) is 30.3. The number of carbonyl (C=O) groups is 1. The monoisotopic (exact) mass is 536 g/mol. The minimum Gasteiger partial charge on any atom is -0.550 e. The summed E-state index contributed by atoms with van der Waals surface area (Å²) in [6.45, 7) is 0.508. The van der Waals surface area contributed by atoms with Crippen LogP contribution in [0.25, 0.3) is 28.2 Å². The number of rotatable bonds is 14. The number of benzene rings is 3. The Hall–Kier alpha value is -3.26. The summed E-state index contributed by atoms with van der Waals surface area (Å²) in [5.74, 6) is 0.571. The van der Waals surface area contributed by atoms with E-state index in [0.29, 0.717) is 19.0 Å². The number of ether oxygens (including phenoxy) is 3. The Balaban J connectivity index is 0.00000420. The molecule has 4 aromatic rings. The third-order valence-corrected chi connectivity index (χ3v) is 6.34. The Bertz CT molecular complexity index is 1310. The molecule has 0 spiro atoms. The average Bonchev–Trinajstić information content (AvgIpc) is 3.34. The number of imidazole rings is 1. The van der Waals surface area contributed by atoms with E-state index < -0.39 is 5.97 Å². The molecule has 0 saturated heterocycles. The number of unbranched alkanes of at least 4 members (excludes halogenated alkanes) is 4. The Labute approximate surface area is 252 Å². The molecular weight excluding hydrogens is 503 g/mol. The number of carboxylic acids is 1. The van der Waals surface area contributed by atoms with Gasteiger partial charge in [0, 0.05) is 17.1 Å². The molecule has 0 aliphatic heterocycles. The van der Waals surface area contributed by atoms with E-state index in [-0.39, 0.29) is 36.0 Å². The van der Waals surface area contributed by atoms with Gasteiger partial charge in [0.25, 0.3) is 0 Å². The van der Waals surface area contributed by atoms with Crippen molar-refractivity contribution in [3.8, 4) is 45.7 Å². The van der Waals surface area contributed by atoms with Gasteiger partial charge in [-0.15, -0.1) is 0 Å². The fourth-order valence-electron chi connectivity index (χ4n) is 4.34. The first-order valence-corrected chi connectivity index (χ1v) is 12.9. The Kier molecular flexibility index (Phi) is 11.9. The van der Waals surface area contributed by atoms with Gasteiger partial charge >= 0.3 is 35.6 Å². The molecule has 198 valence electrons. The molecule has 0 aliphatic carbocycles. The van der Waals surface area contributed by atoms with E-state index in [1.807, 2.05) is 78.9 Å². The van der Waals surface area contributed by atoms with Crippen molar-refractivity contribution >= 4 is 5.97 Å². The van der Waals surface area contributed by atoms with Crippen LogP contribution in [0.1, 0.15) is 38.5 Å². The number of carboxylic acid groups (broad SMARTS) is 1. The molecule has 4 rings (SSSR count). The third kappa shape index (κ3) is 8.12. The second-order valence-corrected chi connectivity index (χ2v) is 8.96. The zero-order chi connectivity index (χ0) is 26.7. The molecule has 7 nitrogen and oxygen atoms in total. The van der Waals surface area contributed by atoms with Gasteiger partial charge in [0.05, 0.1) is 32.2 Å². The summed E-state index contributed by atoms with van der Waals surface area (Å²) >= 11 is 0. The number of hydrogen-bond acceptors (Lipinski definition) is 6. The van der Waals surface area contributed by atoms with E-state index in [0.717, 1.165) is 65.4 Å². The van der Waals surface area contributed by atoms with Gasteiger partial charge < -0.3 is 24.1 Å². The third-order valence-electron chi connectivity index (χ3n) is 6.34. The topological polar surface area (TPSA) is 85.6 Å². The van der Waals surface area contributed by atoms with Crippen LogP contribution in [0.3, 0.4) is 0 Å². The van der Waals surface area contributed by atoms with Gasteiger partial charge in [-0.1, -0.05) is 37.5 Å². The smallest absolute Gasteiger partial charge is 0.550 e. The van der Waals surface area contributed by atoms with Crippen molar-refractivity contribution in [1.29, 1.82) is 0 Å². The van der Waals surface area contributed by atoms with Gasteiger partial charge in [-0.2, -0.15) is 4.98 Å². The number of para-hydroxylation sites is 1. The summed E-state index contributed by atoms with van der Waals surface area (Å²) in [6, 6.07) is 26.4. The van der Waals surface area contributed by atoms with E-state index in [9.17, 15) is 9.90 Å². The van der Waals surface area contributed by atoms with Crippen LogP contribution in [0.2, 0.25) is 0 Å². The van der Waals surface area contributed by atoms with Crippen molar-refractivity contribution in [2.75, 3.05) is 20.8 Å².